The minimum absolute atomic E-state index is 0.0342. The summed E-state index contributed by atoms with van der Waals surface area (Å²) in [5, 5.41) is 0. The smallest absolute Gasteiger partial charge is 0.282 e. The van der Waals surface area contributed by atoms with E-state index < -0.39 is 15.9 Å². The number of halogens is 2. The predicted octanol–water partition coefficient (Wildman–Crippen LogP) is 5.71. The molecule has 0 saturated heterocycles. The van der Waals surface area contributed by atoms with Crippen LogP contribution in [0, 0.1) is 0 Å². The highest BCUT2D eigenvalue weighted by Crippen LogP contribution is 2.35. The van der Waals surface area contributed by atoms with Gasteiger partial charge in [-0.1, -0.05) is 18.2 Å². The van der Waals surface area contributed by atoms with Crippen molar-refractivity contribution in [2.45, 2.75) is 11.8 Å². The molecule has 0 bridgehead atoms. The van der Waals surface area contributed by atoms with Gasteiger partial charge in [-0.3, -0.25) is 4.79 Å². The first-order valence-electron chi connectivity index (χ1n) is 8.17. The van der Waals surface area contributed by atoms with E-state index in [0.717, 1.165) is 15.6 Å². The fourth-order valence-corrected chi connectivity index (χ4v) is 5.91. The van der Waals surface area contributed by atoms with Gasteiger partial charge in [0, 0.05) is 4.47 Å². The van der Waals surface area contributed by atoms with E-state index in [-0.39, 0.29) is 15.5 Å². The molecule has 0 unspecified atom stereocenters. The molecule has 5 nitrogen and oxygen atoms in total. The number of amides is 1. The Kier molecular flexibility index (Phi) is 6.59. The Balaban J connectivity index is 2.12. The Morgan fingerprint density at radius 1 is 1.07 bits per heavy atom. The molecule has 28 heavy (non-hydrogen) atoms. The van der Waals surface area contributed by atoms with Crippen molar-refractivity contribution in [2.24, 2.45) is 0 Å². The molecule has 0 radical (unpaired) electrons. The monoisotopic (exact) mass is 543 g/mol. The van der Waals surface area contributed by atoms with E-state index in [1.807, 2.05) is 6.92 Å². The molecule has 146 valence electrons. The van der Waals surface area contributed by atoms with Crippen molar-refractivity contribution in [3.63, 3.8) is 0 Å². The number of sulfonamides is 1. The van der Waals surface area contributed by atoms with Gasteiger partial charge in [0.15, 0.2) is 0 Å². The van der Waals surface area contributed by atoms with E-state index in [1.165, 1.54) is 12.1 Å². The van der Waals surface area contributed by atoms with Gasteiger partial charge < -0.3 is 4.74 Å². The van der Waals surface area contributed by atoms with Gasteiger partial charge in [0.25, 0.3) is 15.9 Å². The summed E-state index contributed by atoms with van der Waals surface area (Å²) in [6.45, 7) is 2.34. The number of thiophene rings is 1. The summed E-state index contributed by atoms with van der Waals surface area (Å²) in [5.74, 6) is -0.0400. The fraction of sp³-hybridized carbons (Fsp3) is 0.105. The van der Waals surface area contributed by atoms with Crippen LogP contribution >= 0.6 is 43.2 Å². The van der Waals surface area contributed by atoms with Crippen LogP contribution in [-0.4, -0.2) is 20.9 Å². The standard InChI is InChI=1S/C19H15Br2NO4S2/c1-2-26-14-10-8-13(9-11-14)22(19(23)17-12-16(20)18(21)27-17)28(24,25)15-6-4-3-5-7-15/h3-12H,2H2,1H3. The number of nitrogens with zero attached hydrogens (tertiary/aromatic N) is 1. The molecule has 3 rings (SSSR count). The van der Waals surface area contributed by atoms with Crippen molar-refractivity contribution in [3.05, 3.63) is 73.8 Å². The third kappa shape index (κ3) is 4.32. The predicted molar refractivity (Wildman–Crippen MR) is 118 cm³/mol. The number of rotatable bonds is 6. The summed E-state index contributed by atoms with van der Waals surface area (Å²) in [7, 11) is -4.11. The lowest BCUT2D eigenvalue weighted by atomic mass is 10.3. The summed E-state index contributed by atoms with van der Waals surface area (Å²) >= 11 is 7.84. The first kappa shape index (κ1) is 21.0. The van der Waals surface area contributed by atoms with Gasteiger partial charge in [0.05, 0.1) is 25.9 Å². The molecule has 0 aliphatic rings. The van der Waals surface area contributed by atoms with Crippen LogP contribution in [0.1, 0.15) is 16.6 Å². The number of carbonyl (C=O) groups excluding carboxylic acids is 1. The maximum absolute atomic E-state index is 13.3. The van der Waals surface area contributed by atoms with Gasteiger partial charge in [-0.25, -0.2) is 8.42 Å². The molecular formula is C19H15Br2NO4S2. The van der Waals surface area contributed by atoms with Crippen molar-refractivity contribution >= 4 is 64.8 Å². The molecule has 0 aliphatic carbocycles. The summed E-state index contributed by atoms with van der Waals surface area (Å²) in [6, 6.07) is 15.9. The van der Waals surface area contributed by atoms with Crippen LogP contribution in [0.2, 0.25) is 0 Å². The lowest BCUT2D eigenvalue weighted by molar-refractivity contribution is 0.101. The van der Waals surface area contributed by atoms with Gasteiger partial charge in [0.2, 0.25) is 0 Å². The van der Waals surface area contributed by atoms with Crippen LogP contribution in [0.15, 0.2) is 73.8 Å². The van der Waals surface area contributed by atoms with Gasteiger partial charge in [-0.05, 0) is 81.2 Å². The molecule has 0 fully saturated rings. The number of hydrogen-bond donors (Lipinski definition) is 0. The first-order valence-corrected chi connectivity index (χ1v) is 12.0. The largest absolute Gasteiger partial charge is 0.494 e. The SMILES string of the molecule is CCOc1ccc(N(C(=O)c2cc(Br)c(Br)s2)S(=O)(=O)c2ccccc2)cc1. The number of benzene rings is 2. The normalized spacial score (nSPS) is 11.2. The van der Waals surface area contributed by atoms with Crippen molar-refractivity contribution < 1.29 is 17.9 Å². The van der Waals surface area contributed by atoms with Crippen molar-refractivity contribution in [1.29, 1.82) is 0 Å². The molecule has 0 N–H and O–H groups in total. The Morgan fingerprint density at radius 3 is 2.25 bits per heavy atom. The number of anilines is 1. The Labute approximate surface area is 184 Å². The Bertz CT molecular complexity index is 1060. The van der Waals surface area contributed by atoms with Crippen LogP contribution in [0.3, 0.4) is 0 Å². The van der Waals surface area contributed by atoms with Gasteiger partial charge >= 0.3 is 0 Å². The summed E-state index contributed by atoms with van der Waals surface area (Å²) in [6.07, 6.45) is 0. The Hall–Kier alpha value is -1.68. The van der Waals surface area contributed by atoms with Crippen LogP contribution in [0.4, 0.5) is 5.69 Å². The van der Waals surface area contributed by atoms with Crippen molar-refractivity contribution in [1.82, 2.24) is 0 Å². The minimum Gasteiger partial charge on any atom is -0.494 e. The van der Waals surface area contributed by atoms with Gasteiger partial charge in [-0.2, -0.15) is 4.31 Å². The van der Waals surface area contributed by atoms with Gasteiger partial charge in [-0.15, -0.1) is 11.3 Å². The van der Waals surface area contributed by atoms with E-state index in [2.05, 4.69) is 31.9 Å². The highest BCUT2D eigenvalue weighted by Gasteiger charge is 2.33. The first-order chi connectivity index (χ1) is 13.3. The average Bonchev–Trinajstić information content (AvgIpc) is 3.03. The molecule has 0 saturated carbocycles. The van der Waals surface area contributed by atoms with Crippen LogP contribution < -0.4 is 9.04 Å². The maximum Gasteiger partial charge on any atom is 0.282 e. The van der Waals surface area contributed by atoms with Crippen LogP contribution in [0.25, 0.3) is 0 Å². The van der Waals surface area contributed by atoms with E-state index in [0.29, 0.717) is 20.6 Å². The van der Waals surface area contributed by atoms with Crippen LogP contribution in [-0.2, 0) is 10.0 Å². The highest BCUT2D eigenvalue weighted by atomic mass is 79.9. The van der Waals surface area contributed by atoms with Crippen molar-refractivity contribution in [3.8, 4) is 5.75 Å². The van der Waals surface area contributed by atoms with E-state index in [4.69, 9.17) is 4.74 Å². The third-order valence-corrected chi connectivity index (χ3v) is 8.67. The molecule has 0 spiro atoms. The second kappa shape index (κ2) is 8.77. The fourth-order valence-electron chi connectivity index (χ4n) is 2.46. The van der Waals surface area contributed by atoms with Crippen molar-refractivity contribution in [2.75, 3.05) is 10.9 Å². The molecule has 1 aromatic heterocycles. The average molecular weight is 545 g/mol. The molecular weight excluding hydrogens is 530 g/mol. The summed E-state index contributed by atoms with van der Waals surface area (Å²) in [4.78, 5) is 13.5. The lowest BCUT2D eigenvalue weighted by Crippen LogP contribution is -2.36. The third-order valence-electron chi connectivity index (χ3n) is 3.70. The zero-order chi connectivity index (χ0) is 20.3. The van der Waals surface area contributed by atoms with E-state index in [1.54, 1.807) is 48.5 Å². The van der Waals surface area contributed by atoms with Crippen LogP contribution in [0.5, 0.6) is 5.75 Å². The maximum atomic E-state index is 13.3. The molecule has 1 heterocycles. The zero-order valence-corrected chi connectivity index (χ0v) is 19.4. The number of carbonyl (C=O) groups is 1. The summed E-state index contributed by atoms with van der Waals surface area (Å²) < 4.78 is 34.2. The molecule has 3 aromatic rings. The molecule has 0 aliphatic heterocycles. The van der Waals surface area contributed by atoms with E-state index >= 15 is 0 Å². The lowest BCUT2D eigenvalue weighted by Gasteiger charge is -2.22. The zero-order valence-electron chi connectivity index (χ0n) is 14.6. The van der Waals surface area contributed by atoms with E-state index in [9.17, 15) is 13.2 Å². The number of hydrogen-bond acceptors (Lipinski definition) is 5. The topological polar surface area (TPSA) is 63.7 Å². The minimum atomic E-state index is -4.11. The highest BCUT2D eigenvalue weighted by molar-refractivity contribution is 9.13. The Morgan fingerprint density at radius 2 is 1.71 bits per heavy atom. The molecule has 1 amide bonds. The molecule has 9 heteroatoms. The quantitative estimate of drug-likeness (QED) is 0.399. The molecule has 2 aromatic carbocycles. The second-order valence-electron chi connectivity index (χ2n) is 5.55. The summed E-state index contributed by atoms with van der Waals surface area (Å²) in [5.41, 5.74) is 0.234. The second-order valence-corrected chi connectivity index (χ2v) is 10.6. The molecule has 0 atom stereocenters. The number of ether oxygens (including phenoxy) is 1. The van der Waals surface area contributed by atoms with Gasteiger partial charge in [0.1, 0.15) is 5.75 Å².